The number of rotatable bonds is 5. The Balaban J connectivity index is 1.65. The van der Waals surface area contributed by atoms with Crippen LogP contribution in [0.25, 0.3) is 5.70 Å². The van der Waals surface area contributed by atoms with E-state index >= 15 is 0 Å². The molecule has 27 heavy (non-hydrogen) atoms. The summed E-state index contributed by atoms with van der Waals surface area (Å²) in [6.45, 7) is -1.88. The molecule has 1 atom stereocenters. The van der Waals surface area contributed by atoms with Crippen LogP contribution >= 0.6 is 0 Å². The molecule has 3 N–H and O–H groups in total. The van der Waals surface area contributed by atoms with E-state index in [0.29, 0.717) is 35.9 Å². The van der Waals surface area contributed by atoms with E-state index in [4.69, 9.17) is 20.0 Å². The number of nitrogens with two attached hydrogens (primary N) is 1. The molecule has 142 valence electrons. The molecule has 0 aliphatic carbocycles. The van der Waals surface area contributed by atoms with Crippen molar-refractivity contribution in [3.05, 3.63) is 54.1 Å². The fourth-order valence-electron chi connectivity index (χ4n) is 2.99. The van der Waals surface area contributed by atoms with Gasteiger partial charge in [0.2, 0.25) is 0 Å². The van der Waals surface area contributed by atoms with Gasteiger partial charge in [-0.15, -0.1) is 0 Å². The first kappa shape index (κ1) is 17.6. The number of ether oxygens (including phenoxy) is 3. The molecule has 0 bridgehead atoms. The molecule has 6 nitrogen and oxygen atoms in total. The van der Waals surface area contributed by atoms with Gasteiger partial charge in [0.25, 0.3) is 0 Å². The fraction of sp³-hybridized carbons (Fsp3) is 0.263. The van der Waals surface area contributed by atoms with Crippen molar-refractivity contribution in [1.29, 1.82) is 0 Å². The normalized spacial score (nSPS) is 21.4. The van der Waals surface area contributed by atoms with Gasteiger partial charge in [-0.2, -0.15) is 8.78 Å². The first-order valence-corrected chi connectivity index (χ1v) is 8.40. The summed E-state index contributed by atoms with van der Waals surface area (Å²) < 4.78 is 41.2. The Bertz CT molecular complexity index is 849. The van der Waals surface area contributed by atoms with Gasteiger partial charge in [-0.25, -0.2) is 0 Å². The van der Waals surface area contributed by atoms with Crippen molar-refractivity contribution >= 4 is 11.4 Å². The third-order valence-corrected chi connectivity index (χ3v) is 4.37. The number of nitrogen functional groups attached to an aromatic ring is 1. The molecule has 0 amide bonds. The van der Waals surface area contributed by atoms with E-state index in [1.165, 1.54) is 6.07 Å². The van der Waals surface area contributed by atoms with Gasteiger partial charge in [-0.3, -0.25) is 10.3 Å². The zero-order valence-corrected chi connectivity index (χ0v) is 14.3. The molecule has 8 heteroatoms. The van der Waals surface area contributed by atoms with Crippen molar-refractivity contribution in [1.82, 2.24) is 5.48 Å². The highest BCUT2D eigenvalue weighted by atomic mass is 19.3. The minimum absolute atomic E-state index is 0.0657. The lowest BCUT2D eigenvalue weighted by Gasteiger charge is -2.15. The van der Waals surface area contributed by atoms with E-state index in [9.17, 15) is 8.78 Å². The van der Waals surface area contributed by atoms with E-state index in [0.717, 1.165) is 6.42 Å². The van der Waals surface area contributed by atoms with Gasteiger partial charge in [-0.05, 0) is 48.5 Å². The Kier molecular flexibility index (Phi) is 4.59. The number of anilines is 1. The third kappa shape index (κ3) is 3.81. The molecule has 2 aliphatic heterocycles. The largest absolute Gasteiger partial charge is 0.453 e. The lowest BCUT2D eigenvalue weighted by atomic mass is 10.0. The molecule has 0 aromatic heterocycles. The fourth-order valence-corrected chi connectivity index (χ4v) is 2.99. The van der Waals surface area contributed by atoms with Crippen LogP contribution in [-0.2, 0) is 9.57 Å². The SMILES string of the molecule is Nc1ccc(Oc2cc(C3=CC4(CCOC4)ON3)ccc2OC(F)F)cc1. The zero-order valence-electron chi connectivity index (χ0n) is 14.3. The van der Waals surface area contributed by atoms with Gasteiger partial charge in [0.05, 0.1) is 12.3 Å². The first-order chi connectivity index (χ1) is 13.0. The second kappa shape index (κ2) is 7.05. The topological polar surface area (TPSA) is 75.0 Å². The Labute approximate surface area is 154 Å². The van der Waals surface area contributed by atoms with Crippen LogP contribution in [0.2, 0.25) is 0 Å². The van der Waals surface area contributed by atoms with Crippen LogP contribution in [0.1, 0.15) is 12.0 Å². The molecule has 2 heterocycles. The van der Waals surface area contributed by atoms with Crippen LogP contribution < -0.4 is 20.7 Å². The standard InChI is InChI=1S/C19H18F2N2O4/c20-18(21)26-16-6-1-12(15-10-19(27-23-15)7-8-24-11-19)9-17(16)25-14-4-2-13(22)3-5-14/h1-6,9-10,18,23H,7-8,11,22H2. The highest BCUT2D eigenvalue weighted by molar-refractivity contribution is 5.68. The molecule has 1 spiro atoms. The van der Waals surface area contributed by atoms with Crippen molar-refractivity contribution in [3.8, 4) is 17.2 Å². The number of benzene rings is 2. The molecule has 1 unspecified atom stereocenters. The average Bonchev–Trinajstić information content (AvgIpc) is 3.28. The lowest BCUT2D eigenvalue weighted by molar-refractivity contribution is -0.0510. The number of hydrogen-bond acceptors (Lipinski definition) is 6. The van der Waals surface area contributed by atoms with Crippen molar-refractivity contribution < 1.29 is 27.8 Å². The van der Waals surface area contributed by atoms with Gasteiger partial charge >= 0.3 is 6.61 Å². The average molecular weight is 376 g/mol. The van der Waals surface area contributed by atoms with E-state index in [1.807, 2.05) is 6.08 Å². The zero-order chi connectivity index (χ0) is 18.9. The molecule has 2 aromatic carbocycles. The number of alkyl halides is 2. The summed E-state index contributed by atoms with van der Waals surface area (Å²) >= 11 is 0. The Morgan fingerprint density at radius 1 is 1.11 bits per heavy atom. The molecule has 4 rings (SSSR count). The second-order valence-electron chi connectivity index (χ2n) is 6.34. The summed E-state index contributed by atoms with van der Waals surface area (Å²) in [6, 6.07) is 11.3. The van der Waals surface area contributed by atoms with Crippen molar-refractivity contribution in [2.45, 2.75) is 18.6 Å². The summed E-state index contributed by atoms with van der Waals surface area (Å²) in [6.07, 6.45) is 2.68. The summed E-state index contributed by atoms with van der Waals surface area (Å²) in [5.41, 5.74) is 10.0. The van der Waals surface area contributed by atoms with Gasteiger partial charge in [0.1, 0.15) is 11.4 Å². The monoisotopic (exact) mass is 376 g/mol. The van der Waals surface area contributed by atoms with E-state index < -0.39 is 12.2 Å². The minimum atomic E-state index is -2.96. The van der Waals surface area contributed by atoms with Crippen LogP contribution in [0.5, 0.6) is 17.2 Å². The van der Waals surface area contributed by atoms with Crippen LogP contribution in [0, 0.1) is 0 Å². The molecule has 1 saturated heterocycles. The molecule has 1 fully saturated rings. The smallest absolute Gasteiger partial charge is 0.387 e. The summed E-state index contributed by atoms with van der Waals surface area (Å²) in [5, 5.41) is 0. The van der Waals surface area contributed by atoms with Crippen LogP contribution in [0.4, 0.5) is 14.5 Å². The van der Waals surface area contributed by atoms with Crippen LogP contribution in [0.3, 0.4) is 0 Å². The first-order valence-electron chi connectivity index (χ1n) is 8.40. The number of halogens is 2. The summed E-state index contributed by atoms with van der Waals surface area (Å²) in [4.78, 5) is 5.66. The number of hydrogen-bond donors (Lipinski definition) is 2. The van der Waals surface area contributed by atoms with E-state index in [-0.39, 0.29) is 11.5 Å². The van der Waals surface area contributed by atoms with Gasteiger partial charge < -0.3 is 19.9 Å². The number of nitrogens with one attached hydrogen (secondary N) is 1. The predicted molar refractivity (Wildman–Crippen MR) is 94.4 cm³/mol. The Morgan fingerprint density at radius 2 is 1.93 bits per heavy atom. The van der Waals surface area contributed by atoms with Crippen LogP contribution in [-0.4, -0.2) is 25.4 Å². The molecule has 2 aromatic rings. The highest BCUT2D eigenvalue weighted by Crippen LogP contribution is 2.38. The number of hydroxylamine groups is 1. The maximum atomic E-state index is 12.7. The Hall–Kier alpha value is -2.84. The lowest BCUT2D eigenvalue weighted by Crippen LogP contribution is -2.29. The maximum absolute atomic E-state index is 12.7. The minimum Gasteiger partial charge on any atom is -0.453 e. The molecular weight excluding hydrogens is 358 g/mol. The predicted octanol–water partition coefficient (Wildman–Crippen LogP) is 3.70. The van der Waals surface area contributed by atoms with Crippen molar-refractivity contribution in [3.63, 3.8) is 0 Å². The van der Waals surface area contributed by atoms with Crippen molar-refractivity contribution in [2.24, 2.45) is 0 Å². The third-order valence-electron chi connectivity index (χ3n) is 4.37. The molecule has 0 saturated carbocycles. The molecule has 2 aliphatic rings. The molecule has 0 radical (unpaired) electrons. The highest BCUT2D eigenvalue weighted by Gasteiger charge is 2.39. The van der Waals surface area contributed by atoms with Crippen LogP contribution in [0.15, 0.2) is 48.5 Å². The summed E-state index contributed by atoms with van der Waals surface area (Å²) in [7, 11) is 0. The second-order valence-corrected chi connectivity index (χ2v) is 6.34. The van der Waals surface area contributed by atoms with Gasteiger partial charge in [0, 0.05) is 24.3 Å². The van der Waals surface area contributed by atoms with E-state index in [2.05, 4.69) is 10.2 Å². The van der Waals surface area contributed by atoms with Gasteiger partial charge in [-0.1, -0.05) is 0 Å². The van der Waals surface area contributed by atoms with Gasteiger partial charge in [0.15, 0.2) is 11.5 Å². The van der Waals surface area contributed by atoms with Crippen molar-refractivity contribution in [2.75, 3.05) is 18.9 Å². The van der Waals surface area contributed by atoms with E-state index in [1.54, 1.807) is 36.4 Å². The Morgan fingerprint density at radius 3 is 2.63 bits per heavy atom. The quantitative estimate of drug-likeness (QED) is 0.775. The molecular formula is C19H18F2N2O4. The summed E-state index contributed by atoms with van der Waals surface area (Å²) in [5.74, 6) is 0.540. The maximum Gasteiger partial charge on any atom is 0.387 e.